The highest BCUT2D eigenvalue weighted by Crippen LogP contribution is 2.08. The molecule has 0 amide bonds. The Labute approximate surface area is 100 Å². The van der Waals surface area contributed by atoms with Crippen LogP contribution in [0.1, 0.15) is 20.3 Å². The highest BCUT2D eigenvalue weighted by atomic mass is 16.1. The van der Waals surface area contributed by atoms with Crippen LogP contribution < -0.4 is 10.9 Å². The number of aromatic amines is 1. The first kappa shape index (κ1) is 11.6. The molecule has 0 radical (unpaired) electrons. The number of aromatic nitrogens is 2. The Balaban J connectivity index is 2.22. The summed E-state index contributed by atoms with van der Waals surface area (Å²) < 4.78 is 0. The second-order valence-electron chi connectivity index (χ2n) is 4.54. The van der Waals surface area contributed by atoms with E-state index in [1.54, 1.807) is 6.07 Å². The molecule has 0 saturated heterocycles. The van der Waals surface area contributed by atoms with Gasteiger partial charge in [0.15, 0.2) is 0 Å². The molecule has 1 aromatic carbocycles. The van der Waals surface area contributed by atoms with Crippen molar-refractivity contribution in [3.8, 4) is 0 Å². The van der Waals surface area contributed by atoms with Crippen molar-refractivity contribution in [3.05, 3.63) is 34.6 Å². The molecule has 0 spiro atoms. The van der Waals surface area contributed by atoms with Gasteiger partial charge < -0.3 is 5.32 Å². The normalized spacial score (nSPS) is 11.0. The molecule has 2 rings (SSSR count). The van der Waals surface area contributed by atoms with Gasteiger partial charge in [0.2, 0.25) is 5.95 Å². The van der Waals surface area contributed by atoms with E-state index in [1.807, 2.05) is 18.2 Å². The summed E-state index contributed by atoms with van der Waals surface area (Å²) >= 11 is 0. The van der Waals surface area contributed by atoms with E-state index in [-0.39, 0.29) is 5.56 Å². The largest absolute Gasteiger partial charge is 0.356 e. The maximum Gasteiger partial charge on any atom is 0.260 e. The van der Waals surface area contributed by atoms with Gasteiger partial charge in [0, 0.05) is 6.54 Å². The standard InChI is InChI=1S/C13H17N3O/c1-9(2)7-8-14-13-15-11-6-4-3-5-10(11)12(17)16-13/h3-6,9H,7-8H2,1-2H3,(H2,14,15,16,17). The van der Waals surface area contributed by atoms with Gasteiger partial charge in [-0.15, -0.1) is 0 Å². The van der Waals surface area contributed by atoms with Crippen LogP contribution in [-0.4, -0.2) is 16.5 Å². The average Bonchev–Trinajstić information content (AvgIpc) is 2.28. The molecule has 4 nitrogen and oxygen atoms in total. The molecule has 1 aromatic heterocycles. The molecule has 0 fully saturated rings. The summed E-state index contributed by atoms with van der Waals surface area (Å²) in [5.74, 6) is 1.18. The Hall–Kier alpha value is -1.84. The predicted octanol–water partition coefficient (Wildman–Crippen LogP) is 2.38. The van der Waals surface area contributed by atoms with Gasteiger partial charge in [-0.2, -0.15) is 0 Å². The first-order valence-corrected chi connectivity index (χ1v) is 5.90. The number of nitrogens with zero attached hydrogens (tertiary/aromatic N) is 1. The second-order valence-corrected chi connectivity index (χ2v) is 4.54. The molecule has 1 heterocycles. The zero-order valence-electron chi connectivity index (χ0n) is 10.2. The second kappa shape index (κ2) is 4.99. The number of rotatable bonds is 4. The van der Waals surface area contributed by atoms with Crippen molar-refractivity contribution in [1.82, 2.24) is 9.97 Å². The number of nitrogens with one attached hydrogen (secondary N) is 2. The summed E-state index contributed by atoms with van der Waals surface area (Å²) in [7, 11) is 0. The molecule has 2 aromatic rings. The highest BCUT2D eigenvalue weighted by molar-refractivity contribution is 5.78. The van der Waals surface area contributed by atoms with Crippen molar-refractivity contribution in [3.63, 3.8) is 0 Å². The van der Waals surface area contributed by atoms with Crippen molar-refractivity contribution < 1.29 is 0 Å². The Kier molecular flexibility index (Phi) is 3.42. The van der Waals surface area contributed by atoms with Gasteiger partial charge in [-0.1, -0.05) is 26.0 Å². The maximum atomic E-state index is 11.8. The minimum atomic E-state index is -0.0948. The van der Waals surface area contributed by atoms with E-state index in [4.69, 9.17) is 0 Å². The fourth-order valence-corrected chi connectivity index (χ4v) is 1.65. The van der Waals surface area contributed by atoms with Crippen molar-refractivity contribution in [2.24, 2.45) is 5.92 Å². The Morgan fingerprint density at radius 3 is 2.88 bits per heavy atom. The lowest BCUT2D eigenvalue weighted by molar-refractivity contribution is 0.606. The molecular weight excluding hydrogens is 214 g/mol. The zero-order chi connectivity index (χ0) is 12.3. The summed E-state index contributed by atoms with van der Waals surface area (Å²) in [5, 5.41) is 3.77. The van der Waals surface area contributed by atoms with Gasteiger partial charge >= 0.3 is 0 Å². The maximum absolute atomic E-state index is 11.8. The lowest BCUT2D eigenvalue weighted by Crippen LogP contribution is -2.14. The van der Waals surface area contributed by atoms with E-state index >= 15 is 0 Å². The third kappa shape index (κ3) is 2.84. The molecular formula is C13H17N3O. The molecule has 0 aliphatic heterocycles. The fraction of sp³-hybridized carbons (Fsp3) is 0.385. The number of fused-ring (bicyclic) bond motifs is 1. The predicted molar refractivity (Wildman–Crippen MR) is 70.3 cm³/mol. The fourth-order valence-electron chi connectivity index (χ4n) is 1.65. The minimum Gasteiger partial charge on any atom is -0.356 e. The van der Waals surface area contributed by atoms with Crippen molar-refractivity contribution in [2.45, 2.75) is 20.3 Å². The molecule has 17 heavy (non-hydrogen) atoms. The number of para-hydroxylation sites is 1. The van der Waals surface area contributed by atoms with Crippen LogP contribution in [0.3, 0.4) is 0 Å². The number of anilines is 1. The SMILES string of the molecule is CC(C)CCNc1nc2ccccc2c(=O)[nH]1. The monoisotopic (exact) mass is 231 g/mol. The lowest BCUT2D eigenvalue weighted by Gasteiger charge is -2.07. The molecule has 2 N–H and O–H groups in total. The summed E-state index contributed by atoms with van der Waals surface area (Å²) in [6.07, 6.45) is 1.05. The quantitative estimate of drug-likeness (QED) is 0.849. The summed E-state index contributed by atoms with van der Waals surface area (Å²) in [6.45, 7) is 5.15. The van der Waals surface area contributed by atoms with Crippen LogP contribution in [0.4, 0.5) is 5.95 Å². The van der Waals surface area contributed by atoms with E-state index in [9.17, 15) is 4.79 Å². The number of H-pyrrole nitrogens is 1. The summed E-state index contributed by atoms with van der Waals surface area (Å²) in [5.41, 5.74) is 0.631. The third-order valence-electron chi connectivity index (χ3n) is 2.63. The summed E-state index contributed by atoms with van der Waals surface area (Å²) in [4.78, 5) is 18.9. The average molecular weight is 231 g/mol. The first-order valence-electron chi connectivity index (χ1n) is 5.90. The van der Waals surface area contributed by atoms with E-state index in [0.29, 0.717) is 17.3 Å². The summed E-state index contributed by atoms with van der Waals surface area (Å²) in [6, 6.07) is 7.34. The number of hydrogen-bond acceptors (Lipinski definition) is 3. The Morgan fingerprint density at radius 2 is 2.12 bits per heavy atom. The third-order valence-corrected chi connectivity index (χ3v) is 2.63. The van der Waals surface area contributed by atoms with Crippen LogP contribution in [0.2, 0.25) is 0 Å². The number of hydrogen-bond donors (Lipinski definition) is 2. The van der Waals surface area contributed by atoms with E-state index < -0.39 is 0 Å². The van der Waals surface area contributed by atoms with E-state index in [1.165, 1.54) is 0 Å². The molecule has 0 aliphatic carbocycles. The minimum absolute atomic E-state index is 0.0948. The molecule has 0 bridgehead atoms. The van der Waals surface area contributed by atoms with Crippen molar-refractivity contribution >= 4 is 16.9 Å². The smallest absolute Gasteiger partial charge is 0.260 e. The van der Waals surface area contributed by atoms with Crippen LogP contribution in [0.25, 0.3) is 10.9 Å². The van der Waals surface area contributed by atoms with Crippen LogP contribution >= 0.6 is 0 Å². The van der Waals surface area contributed by atoms with Gasteiger partial charge in [-0.25, -0.2) is 4.98 Å². The van der Waals surface area contributed by atoms with Crippen molar-refractivity contribution in [1.29, 1.82) is 0 Å². The topological polar surface area (TPSA) is 57.8 Å². The molecule has 0 unspecified atom stereocenters. The molecule has 90 valence electrons. The Bertz CT molecular complexity index is 560. The lowest BCUT2D eigenvalue weighted by atomic mass is 10.1. The van der Waals surface area contributed by atoms with Crippen LogP contribution in [0, 0.1) is 5.92 Å². The number of benzene rings is 1. The molecule has 0 saturated carbocycles. The van der Waals surface area contributed by atoms with Gasteiger partial charge in [-0.05, 0) is 24.5 Å². The first-order chi connectivity index (χ1) is 8.16. The molecule has 0 aliphatic rings. The van der Waals surface area contributed by atoms with E-state index in [2.05, 4.69) is 29.1 Å². The van der Waals surface area contributed by atoms with Gasteiger partial charge in [0.1, 0.15) is 0 Å². The van der Waals surface area contributed by atoms with E-state index in [0.717, 1.165) is 18.5 Å². The molecule has 4 heteroatoms. The van der Waals surface area contributed by atoms with Gasteiger partial charge in [0.05, 0.1) is 10.9 Å². The van der Waals surface area contributed by atoms with Gasteiger partial charge in [-0.3, -0.25) is 9.78 Å². The molecule has 0 atom stereocenters. The van der Waals surface area contributed by atoms with Crippen LogP contribution in [-0.2, 0) is 0 Å². The zero-order valence-corrected chi connectivity index (χ0v) is 10.2. The Morgan fingerprint density at radius 1 is 1.35 bits per heavy atom. The highest BCUT2D eigenvalue weighted by Gasteiger charge is 2.02. The van der Waals surface area contributed by atoms with Crippen LogP contribution in [0.15, 0.2) is 29.1 Å². The van der Waals surface area contributed by atoms with Crippen molar-refractivity contribution in [2.75, 3.05) is 11.9 Å². The van der Waals surface area contributed by atoms with Gasteiger partial charge in [0.25, 0.3) is 5.56 Å². The van der Waals surface area contributed by atoms with Crippen LogP contribution in [0.5, 0.6) is 0 Å².